The van der Waals surface area contributed by atoms with Crippen LogP contribution < -0.4 is 9.62 Å². The van der Waals surface area contributed by atoms with E-state index < -0.39 is 28.5 Å². The lowest BCUT2D eigenvalue weighted by atomic mass is 10.0. The quantitative estimate of drug-likeness (QED) is 0.222. The van der Waals surface area contributed by atoms with Crippen molar-refractivity contribution in [2.75, 3.05) is 17.4 Å². The highest BCUT2D eigenvalue weighted by Gasteiger charge is 2.33. The predicted octanol–water partition coefficient (Wildman–Crippen LogP) is 6.35. The maximum atomic E-state index is 14.2. The van der Waals surface area contributed by atoms with Crippen LogP contribution in [0.5, 0.6) is 0 Å². The van der Waals surface area contributed by atoms with Gasteiger partial charge in [-0.05, 0) is 68.0 Å². The molecule has 8 heteroatoms. The van der Waals surface area contributed by atoms with E-state index >= 15 is 0 Å². The molecule has 3 aromatic rings. The number of aryl methyl sites for hydroxylation is 2. The molecule has 3 rings (SSSR count). The molecule has 0 aliphatic rings. The zero-order valence-corrected chi connectivity index (χ0v) is 26.6. The molecule has 0 spiro atoms. The summed E-state index contributed by atoms with van der Waals surface area (Å²) in [7, 11) is -4.10. The number of hydrogen-bond acceptors (Lipinski definition) is 4. The molecule has 1 unspecified atom stereocenters. The zero-order valence-electron chi connectivity index (χ0n) is 25.8. The summed E-state index contributed by atoms with van der Waals surface area (Å²) in [4.78, 5) is 29.1. The van der Waals surface area contributed by atoms with Gasteiger partial charge in [0.2, 0.25) is 11.8 Å². The highest BCUT2D eigenvalue weighted by molar-refractivity contribution is 7.92. The van der Waals surface area contributed by atoms with Crippen LogP contribution in [-0.2, 0) is 26.2 Å². The Balaban J connectivity index is 2.05. The second-order valence-corrected chi connectivity index (χ2v) is 13.0. The van der Waals surface area contributed by atoms with Crippen LogP contribution in [0.3, 0.4) is 0 Å². The van der Waals surface area contributed by atoms with E-state index in [-0.39, 0.29) is 23.3 Å². The topological polar surface area (TPSA) is 86.8 Å². The Bertz CT molecular complexity index is 1430. The van der Waals surface area contributed by atoms with Gasteiger partial charge in [-0.15, -0.1) is 0 Å². The Labute approximate surface area is 252 Å². The van der Waals surface area contributed by atoms with Crippen LogP contribution in [0.15, 0.2) is 77.7 Å². The molecule has 0 aliphatic heterocycles. The van der Waals surface area contributed by atoms with Gasteiger partial charge >= 0.3 is 0 Å². The van der Waals surface area contributed by atoms with Gasteiger partial charge in [0.1, 0.15) is 12.6 Å². The number of carbonyl (C=O) groups is 2. The monoisotopic (exact) mass is 591 g/mol. The number of nitrogens with one attached hydrogen (secondary N) is 1. The summed E-state index contributed by atoms with van der Waals surface area (Å²) in [5.74, 6) is -0.414. The Morgan fingerprint density at radius 1 is 0.881 bits per heavy atom. The van der Waals surface area contributed by atoms with Crippen LogP contribution in [0.1, 0.15) is 75.1 Å². The fraction of sp³-hybridized carbons (Fsp3) is 0.412. The molecule has 2 amide bonds. The van der Waals surface area contributed by atoms with E-state index in [1.54, 1.807) is 36.4 Å². The number of sulfonamides is 1. The minimum atomic E-state index is -4.10. The molecule has 0 aromatic heterocycles. The third-order valence-electron chi connectivity index (χ3n) is 7.39. The van der Waals surface area contributed by atoms with Crippen LogP contribution in [0.4, 0.5) is 5.69 Å². The lowest BCUT2D eigenvalue weighted by molar-refractivity contribution is -0.140. The fourth-order valence-corrected chi connectivity index (χ4v) is 6.24. The van der Waals surface area contributed by atoms with E-state index in [0.29, 0.717) is 18.7 Å². The van der Waals surface area contributed by atoms with Gasteiger partial charge in [0.15, 0.2) is 0 Å². The largest absolute Gasteiger partial charge is 0.354 e. The van der Waals surface area contributed by atoms with E-state index in [1.165, 1.54) is 4.90 Å². The number of amides is 2. The molecular formula is C34H45N3O4S. The van der Waals surface area contributed by atoms with E-state index in [2.05, 4.69) is 19.2 Å². The maximum absolute atomic E-state index is 14.2. The number of nitrogens with zero attached hydrogens (tertiary/aromatic N) is 2. The number of unbranched alkanes of at least 4 members (excludes halogenated alkanes) is 1. The number of carbonyl (C=O) groups excluding carboxylic acids is 2. The van der Waals surface area contributed by atoms with Gasteiger partial charge in [0.25, 0.3) is 10.0 Å². The van der Waals surface area contributed by atoms with Crippen molar-refractivity contribution in [2.24, 2.45) is 0 Å². The molecular weight excluding hydrogens is 546 g/mol. The van der Waals surface area contributed by atoms with Crippen molar-refractivity contribution >= 4 is 27.5 Å². The predicted molar refractivity (Wildman–Crippen MR) is 170 cm³/mol. The second kappa shape index (κ2) is 15.0. The molecule has 1 atom stereocenters. The molecule has 0 radical (unpaired) electrons. The minimum Gasteiger partial charge on any atom is -0.354 e. The molecule has 0 heterocycles. The summed E-state index contributed by atoms with van der Waals surface area (Å²) < 4.78 is 29.3. The van der Waals surface area contributed by atoms with Crippen LogP contribution in [0.25, 0.3) is 0 Å². The van der Waals surface area contributed by atoms with Gasteiger partial charge in [0, 0.05) is 13.1 Å². The van der Waals surface area contributed by atoms with Gasteiger partial charge in [-0.2, -0.15) is 0 Å². The van der Waals surface area contributed by atoms with Gasteiger partial charge in [-0.3, -0.25) is 13.9 Å². The lowest BCUT2D eigenvalue weighted by Gasteiger charge is -2.33. The highest BCUT2D eigenvalue weighted by atomic mass is 32.2. The molecule has 0 saturated carbocycles. The van der Waals surface area contributed by atoms with Crippen molar-refractivity contribution in [1.82, 2.24) is 10.2 Å². The summed E-state index contributed by atoms with van der Waals surface area (Å²) >= 11 is 0. The molecule has 7 nitrogen and oxygen atoms in total. The highest BCUT2D eigenvalue weighted by Crippen LogP contribution is 2.27. The fourth-order valence-electron chi connectivity index (χ4n) is 4.82. The Morgan fingerprint density at radius 2 is 1.55 bits per heavy atom. The summed E-state index contributed by atoms with van der Waals surface area (Å²) in [6, 6.07) is 20.9. The molecule has 3 aromatic carbocycles. The van der Waals surface area contributed by atoms with Crippen LogP contribution >= 0.6 is 0 Å². The van der Waals surface area contributed by atoms with E-state index in [9.17, 15) is 18.0 Å². The Kier molecular flexibility index (Phi) is 11.7. The number of hydrogen-bond donors (Lipinski definition) is 1. The molecule has 0 aliphatic carbocycles. The van der Waals surface area contributed by atoms with Crippen molar-refractivity contribution in [1.29, 1.82) is 0 Å². The van der Waals surface area contributed by atoms with E-state index in [0.717, 1.165) is 39.4 Å². The molecule has 0 bridgehead atoms. The van der Waals surface area contributed by atoms with Gasteiger partial charge in [0.05, 0.1) is 10.6 Å². The van der Waals surface area contributed by atoms with Gasteiger partial charge in [-0.1, -0.05) is 93.8 Å². The maximum Gasteiger partial charge on any atom is 0.264 e. The first-order valence-electron chi connectivity index (χ1n) is 14.8. The zero-order chi connectivity index (χ0) is 30.9. The van der Waals surface area contributed by atoms with Crippen LogP contribution in [0.2, 0.25) is 0 Å². The lowest BCUT2D eigenvalue weighted by Crippen LogP contribution is -2.52. The van der Waals surface area contributed by atoms with Crippen molar-refractivity contribution in [3.8, 4) is 0 Å². The van der Waals surface area contributed by atoms with E-state index in [1.807, 2.05) is 64.1 Å². The summed E-state index contributed by atoms with van der Waals surface area (Å²) in [6.07, 6.45) is 2.16. The molecule has 42 heavy (non-hydrogen) atoms. The van der Waals surface area contributed by atoms with E-state index in [4.69, 9.17) is 0 Å². The van der Waals surface area contributed by atoms with Crippen molar-refractivity contribution < 1.29 is 18.0 Å². The standard InChI is InChI=1S/C34H45N3O4S/c1-7-9-21-35-34(39)32(8-2)36(23-28-12-10-11-27(6)22-28)33(38)24-37(30-17-15-29(16-18-30)25(3)4)42(40,41)31-19-13-26(5)14-20-31/h10-20,22,25,32H,7-9,21,23-24H2,1-6H3,(H,35,39). The first kappa shape index (κ1) is 32.9. The average molecular weight is 592 g/mol. The average Bonchev–Trinajstić information content (AvgIpc) is 2.96. The smallest absolute Gasteiger partial charge is 0.264 e. The first-order chi connectivity index (χ1) is 20.0. The van der Waals surface area contributed by atoms with Gasteiger partial charge < -0.3 is 10.2 Å². The number of benzene rings is 3. The SMILES string of the molecule is CCCCNC(=O)C(CC)N(Cc1cccc(C)c1)C(=O)CN(c1ccc(C(C)C)cc1)S(=O)(=O)c1ccc(C)cc1. The molecule has 0 fully saturated rings. The Hall–Kier alpha value is -3.65. The van der Waals surface area contributed by atoms with Gasteiger partial charge in [-0.25, -0.2) is 8.42 Å². The molecule has 1 N–H and O–H groups in total. The normalized spacial score (nSPS) is 12.2. The summed E-state index contributed by atoms with van der Waals surface area (Å²) in [5.41, 5.74) is 4.30. The third-order valence-corrected chi connectivity index (χ3v) is 9.17. The number of anilines is 1. The van der Waals surface area contributed by atoms with Crippen molar-refractivity contribution in [3.05, 3.63) is 95.1 Å². The van der Waals surface area contributed by atoms with Crippen molar-refractivity contribution in [3.63, 3.8) is 0 Å². The molecule has 226 valence electrons. The van der Waals surface area contributed by atoms with Crippen LogP contribution in [-0.4, -0.2) is 44.3 Å². The first-order valence-corrected chi connectivity index (χ1v) is 16.2. The van der Waals surface area contributed by atoms with Crippen molar-refractivity contribution in [2.45, 2.75) is 84.2 Å². The molecule has 0 saturated heterocycles. The summed E-state index contributed by atoms with van der Waals surface area (Å²) in [5, 5.41) is 2.97. The second-order valence-electron chi connectivity index (χ2n) is 11.2. The summed E-state index contributed by atoms with van der Waals surface area (Å²) in [6.45, 7) is 12.2. The van der Waals surface area contributed by atoms with Crippen LogP contribution in [0, 0.1) is 13.8 Å². The number of rotatable bonds is 14. The minimum absolute atomic E-state index is 0.100. The Morgan fingerprint density at radius 3 is 2.12 bits per heavy atom. The third kappa shape index (κ3) is 8.44.